The zero-order valence-corrected chi connectivity index (χ0v) is 16.1. The summed E-state index contributed by atoms with van der Waals surface area (Å²) in [6.45, 7) is 3.30. The second-order valence-electron chi connectivity index (χ2n) is 7.04. The Morgan fingerprint density at radius 3 is 2.34 bits per heavy atom. The number of para-hydroxylation sites is 2. The van der Waals surface area contributed by atoms with E-state index in [2.05, 4.69) is 75.6 Å². The lowest BCUT2D eigenvalue weighted by Crippen LogP contribution is -2.36. The van der Waals surface area contributed by atoms with Crippen molar-refractivity contribution in [3.8, 4) is 28.1 Å². The Morgan fingerprint density at radius 1 is 0.724 bits per heavy atom. The number of benzene rings is 2. The Kier molecular flexibility index (Phi) is 4.80. The van der Waals surface area contributed by atoms with Gasteiger partial charge in [0, 0.05) is 36.6 Å². The van der Waals surface area contributed by atoms with Crippen LogP contribution in [0.2, 0.25) is 0 Å². The van der Waals surface area contributed by atoms with E-state index in [0.29, 0.717) is 0 Å². The van der Waals surface area contributed by atoms with Crippen molar-refractivity contribution in [2.24, 2.45) is 0 Å². The molecule has 1 saturated heterocycles. The largest absolute Gasteiger partial charge is 0.378 e. The van der Waals surface area contributed by atoms with Gasteiger partial charge in [0.1, 0.15) is 0 Å². The number of hydrogen-bond acceptors (Lipinski definition) is 4. The first-order valence-electron chi connectivity index (χ1n) is 9.87. The van der Waals surface area contributed by atoms with Crippen molar-refractivity contribution in [3.63, 3.8) is 0 Å². The third-order valence-corrected chi connectivity index (χ3v) is 5.26. The summed E-state index contributed by atoms with van der Waals surface area (Å²) in [5, 5.41) is 4.67. The standard InChI is InChI=1S/C24H22N4O/c1-2-9-24(23(8-1)27-13-15-29-16-14-27)28-22(10-12-26-28)20-6-3-5-19(17-20)21-7-4-11-25-18-21/h1-12,17-18H,13-16H2. The van der Waals surface area contributed by atoms with E-state index in [9.17, 15) is 0 Å². The average Bonchev–Trinajstić information content (AvgIpc) is 3.30. The van der Waals surface area contributed by atoms with Gasteiger partial charge in [-0.25, -0.2) is 4.68 Å². The molecule has 3 heterocycles. The van der Waals surface area contributed by atoms with Crippen LogP contribution in [0.15, 0.2) is 85.3 Å². The van der Waals surface area contributed by atoms with Crippen LogP contribution in [-0.4, -0.2) is 41.1 Å². The molecule has 2 aromatic carbocycles. The SMILES string of the molecule is c1cncc(-c2cccc(-c3ccnn3-c3ccccc3N3CCOCC3)c2)c1. The minimum absolute atomic E-state index is 0.757. The second kappa shape index (κ2) is 7.89. The van der Waals surface area contributed by atoms with Gasteiger partial charge in [0.2, 0.25) is 0 Å². The van der Waals surface area contributed by atoms with E-state index in [4.69, 9.17) is 4.74 Å². The monoisotopic (exact) mass is 382 g/mol. The molecule has 0 bridgehead atoms. The molecule has 0 radical (unpaired) electrons. The van der Waals surface area contributed by atoms with Gasteiger partial charge in [0.15, 0.2) is 0 Å². The second-order valence-corrected chi connectivity index (χ2v) is 7.04. The Labute approximate surface area is 170 Å². The van der Waals surface area contributed by atoms with Crippen LogP contribution in [0.5, 0.6) is 0 Å². The Hall–Kier alpha value is -3.44. The van der Waals surface area contributed by atoms with Gasteiger partial charge >= 0.3 is 0 Å². The lowest BCUT2D eigenvalue weighted by atomic mass is 10.0. The molecular weight excluding hydrogens is 360 g/mol. The molecule has 0 amide bonds. The van der Waals surface area contributed by atoms with E-state index < -0.39 is 0 Å². The Bertz CT molecular complexity index is 1100. The predicted molar refractivity (Wildman–Crippen MR) is 115 cm³/mol. The highest BCUT2D eigenvalue weighted by molar-refractivity contribution is 5.73. The first kappa shape index (κ1) is 17.6. The summed E-state index contributed by atoms with van der Waals surface area (Å²) in [6, 6.07) is 23.1. The zero-order valence-electron chi connectivity index (χ0n) is 16.1. The molecule has 1 aliphatic rings. The average molecular weight is 382 g/mol. The molecule has 0 saturated carbocycles. The van der Waals surface area contributed by atoms with Crippen LogP contribution in [0.25, 0.3) is 28.1 Å². The maximum atomic E-state index is 5.53. The third-order valence-electron chi connectivity index (χ3n) is 5.26. The van der Waals surface area contributed by atoms with Crippen molar-refractivity contribution in [1.82, 2.24) is 14.8 Å². The van der Waals surface area contributed by atoms with E-state index >= 15 is 0 Å². The van der Waals surface area contributed by atoms with E-state index in [1.807, 2.05) is 23.1 Å². The summed E-state index contributed by atoms with van der Waals surface area (Å²) in [5.74, 6) is 0. The Balaban J connectivity index is 1.57. The van der Waals surface area contributed by atoms with E-state index in [-0.39, 0.29) is 0 Å². The fraction of sp³-hybridized carbons (Fsp3) is 0.167. The number of nitrogens with zero attached hydrogens (tertiary/aromatic N) is 4. The van der Waals surface area contributed by atoms with Gasteiger partial charge < -0.3 is 9.64 Å². The van der Waals surface area contributed by atoms with Gasteiger partial charge in [-0.1, -0.05) is 36.4 Å². The fourth-order valence-corrected chi connectivity index (χ4v) is 3.82. The van der Waals surface area contributed by atoms with Crippen LogP contribution in [-0.2, 0) is 4.74 Å². The highest BCUT2D eigenvalue weighted by atomic mass is 16.5. The van der Waals surface area contributed by atoms with Crippen molar-refractivity contribution in [3.05, 3.63) is 85.3 Å². The van der Waals surface area contributed by atoms with Gasteiger partial charge in [-0.2, -0.15) is 5.10 Å². The van der Waals surface area contributed by atoms with Crippen molar-refractivity contribution < 1.29 is 4.74 Å². The molecule has 0 atom stereocenters. The molecule has 5 heteroatoms. The molecular formula is C24H22N4O. The van der Waals surface area contributed by atoms with Crippen LogP contribution in [0, 0.1) is 0 Å². The summed E-state index contributed by atoms with van der Waals surface area (Å²) < 4.78 is 7.57. The van der Waals surface area contributed by atoms with Gasteiger partial charge in [-0.3, -0.25) is 4.98 Å². The number of aromatic nitrogens is 3. The van der Waals surface area contributed by atoms with E-state index in [1.54, 1.807) is 6.20 Å². The predicted octanol–water partition coefficient (Wildman–Crippen LogP) is 4.44. The number of pyridine rings is 1. The number of anilines is 1. The molecule has 0 N–H and O–H groups in total. The van der Waals surface area contributed by atoms with Crippen LogP contribution in [0.3, 0.4) is 0 Å². The minimum atomic E-state index is 0.757. The van der Waals surface area contributed by atoms with E-state index in [1.165, 1.54) is 5.69 Å². The van der Waals surface area contributed by atoms with Gasteiger partial charge in [-0.05, 0) is 35.9 Å². The first-order chi connectivity index (χ1) is 14.4. The maximum Gasteiger partial charge on any atom is 0.0886 e. The quantitative estimate of drug-likeness (QED) is 0.523. The molecule has 2 aromatic heterocycles. The normalized spacial score (nSPS) is 14.1. The van der Waals surface area contributed by atoms with Crippen LogP contribution in [0.4, 0.5) is 5.69 Å². The number of hydrogen-bond donors (Lipinski definition) is 0. The molecule has 4 aromatic rings. The summed E-state index contributed by atoms with van der Waals surface area (Å²) in [4.78, 5) is 6.62. The molecule has 29 heavy (non-hydrogen) atoms. The van der Waals surface area contributed by atoms with Crippen LogP contribution in [0.1, 0.15) is 0 Å². The summed E-state index contributed by atoms with van der Waals surface area (Å²) in [7, 11) is 0. The van der Waals surface area contributed by atoms with Gasteiger partial charge in [-0.15, -0.1) is 0 Å². The highest BCUT2D eigenvalue weighted by Crippen LogP contribution is 2.31. The van der Waals surface area contributed by atoms with E-state index in [0.717, 1.165) is 54.4 Å². The first-order valence-corrected chi connectivity index (χ1v) is 9.87. The number of morpholine rings is 1. The Morgan fingerprint density at radius 2 is 1.52 bits per heavy atom. The molecule has 0 spiro atoms. The summed E-state index contributed by atoms with van der Waals surface area (Å²) >= 11 is 0. The molecule has 1 fully saturated rings. The number of rotatable bonds is 4. The fourth-order valence-electron chi connectivity index (χ4n) is 3.82. The summed E-state index contributed by atoms with van der Waals surface area (Å²) in [6.07, 6.45) is 5.55. The topological polar surface area (TPSA) is 43.2 Å². The lowest BCUT2D eigenvalue weighted by Gasteiger charge is -2.30. The third kappa shape index (κ3) is 3.52. The zero-order chi connectivity index (χ0) is 19.5. The summed E-state index contributed by atoms with van der Waals surface area (Å²) in [5.41, 5.74) is 6.71. The van der Waals surface area contributed by atoms with Gasteiger partial charge in [0.05, 0.1) is 36.5 Å². The molecule has 144 valence electrons. The van der Waals surface area contributed by atoms with Crippen LogP contribution >= 0.6 is 0 Å². The van der Waals surface area contributed by atoms with Crippen molar-refractivity contribution in [2.45, 2.75) is 0 Å². The highest BCUT2D eigenvalue weighted by Gasteiger charge is 2.17. The molecule has 0 unspecified atom stereocenters. The maximum absolute atomic E-state index is 5.53. The molecule has 5 nitrogen and oxygen atoms in total. The van der Waals surface area contributed by atoms with Crippen LogP contribution < -0.4 is 4.90 Å². The minimum Gasteiger partial charge on any atom is -0.378 e. The van der Waals surface area contributed by atoms with Gasteiger partial charge in [0.25, 0.3) is 0 Å². The van der Waals surface area contributed by atoms with Crippen molar-refractivity contribution >= 4 is 5.69 Å². The molecule has 0 aliphatic carbocycles. The number of ether oxygens (including phenoxy) is 1. The lowest BCUT2D eigenvalue weighted by molar-refractivity contribution is 0.122. The molecule has 5 rings (SSSR count). The van der Waals surface area contributed by atoms with Crippen molar-refractivity contribution in [2.75, 3.05) is 31.2 Å². The van der Waals surface area contributed by atoms with Crippen molar-refractivity contribution in [1.29, 1.82) is 0 Å². The molecule has 1 aliphatic heterocycles. The smallest absolute Gasteiger partial charge is 0.0886 e.